The van der Waals surface area contributed by atoms with Gasteiger partial charge in [-0.1, -0.05) is 23.4 Å². The van der Waals surface area contributed by atoms with Gasteiger partial charge in [0.05, 0.1) is 31.0 Å². The molecule has 4 N–H and O–H groups in total. The van der Waals surface area contributed by atoms with Crippen molar-refractivity contribution in [1.82, 2.24) is 15.0 Å². The molecule has 31 heavy (non-hydrogen) atoms. The summed E-state index contributed by atoms with van der Waals surface area (Å²) in [4.78, 5) is 28.3. The number of esters is 1. The number of nitrogen functional groups attached to an aromatic ring is 1. The second-order valence-electron chi connectivity index (χ2n) is 7.87. The highest BCUT2D eigenvalue weighted by Gasteiger charge is 2.48. The third kappa shape index (κ3) is 4.17. The topological polar surface area (TPSA) is 129 Å². The molecule has 2 saturated heterocycles. The Kier molecular flexibility index (Phi) is 6.25. The monoisotopic (exact) mass is 464 g/mol. The van der Waals surface area contributed by atoms with Crippen molar-refractivity contribution in [2.75, 3.05) is 37.4 Å². The van der Waals surface area contributed by atoms with Gasteiger partial charge in [0, 0.05) is 35.6 Å². The van der Waals surface area contributed by atoms with Crippen molar-refractivity contribution in [2.24, 2.45) is 11.1 Å². The fourth-order valence-electron chi connectivity index (χ4n) is 4.15. The molecule has 0 aromatic carbocycles. The molecular weight excluding hydrogens is 440 g/mol. The fourth-order valence-corrected chi connectivity index (χ4v) is 5.17. The second-order valence-corrected chi connectivity index (χ2v) is 9.31. The minimum atomic E-state index is -0.542. The Morgan fingerprint density at radius 2 is 2.13 bits per heavy atom. The second kappa shape index (κ2) is 8.78. The number of hydrogen-bond donors (Lipinski definition) is 2. The Balaban J connectivity index is 1.57. The lowest BCUT2D eigenvalue weighted by atomic mass is 9.73. The van der Waals surface area contributed by atoms with E-state index in [9.17, 15) is 4.79 Å². The highest BCUT2D eigenvalue weighted by molar-refractivity contribution is 7.99. The van der Waals surface area contributed by atoms with Crippen LogP contribution in [-0.2, 0) is 9.47 Å². The number of nitrogens with two attached hydrogens (primary N) is 2. The largest absolute Gasteiger partial charge is 0.464 e. The van der Waals surface area contributed by atoms with E-state index in [1.54, 1.807) is 18.5 Å². The summed E-state index contributed by atoms with van der Waals surface area (Å²) in [5.41, 5.74) is 12.3. The molecule has 2 aromatic heterocycles. The number of anilines is 2. The number of carbonyl (C=O) groups excluding carboxylic acids is 1. The van der Waals surface area contributed by atoms with Crippen LogP contribution in [0.25, 0.3) is 0 Å². The summed E-state index contributed by atoms with van der Waals surface area (Å²) < 4.78 is 10.8. The van der Waals surface area contributed by atoms with Crippen LogP contribution in [-0.4, -0.2) is 59.9 Å². The van der Waals surface area contributed by atoms with E-state index >= 15 is 0 Å². The summed E-state index contributed by atoms with van der Waals surface area (Å²) in [6, 6.07) is 1.74. The number of rotatable bonds is 4. The zero-order valence-corrected chi connectivity index (χ0v) is 18.9. The number of methoxy groups -OCH3 is 1. The zero-order valence-electron chi connectivity index (χ0n) is 17.4. The first-order valence-corrected chi connectivity index (χ1v) is 11.2. The number of halogens is 1. The molecule has 11 heteroatoms. The lowest BCUT2D eigenvalue weighted by Gasteiger charge is -2.41. The van der Waals surface area contributed by atoms with Crippen molar-refractivity contribution >= 4 is 41.0 Å². The smallest absolute Gasteiger partial charge is 0.360 e. The highest BCUT2D eigenvalue weighted by Crippen LogP contribution is 2.42. The van der Waals surface area contributed by atoms with Crippen molar-refractivity contribution in [3.8, 4) is 0 Å². The molecule has 0 saturated carbocycles. The van der Waals surface area contributed by atoms with Crippen molar-refractivity contribution in [3.63, 3.8) is 0 Å². The number of nitrogens with zero attached hydrogens (tertiary/aromatic N) is 4. The fraction of sp³-hybridized carbons (Fsp3) is 0.500. The van der Waals surface area contributed by atoms with Crippen LogP contribution in [0.15, 0.2) is 28.4 Å². The quantitative estimate of drug-likeness (QED) is 0.650. The molecular formula is C20H25ClN6O3S. The van der Waals surface area contributed by atoms with Crippen LogP contribution < -0.4 is 16.4 Å². The molecule has 2 atom stereocenters. The van der Waals surface area contributed by atoms with Gasteiger partial charge in [0.2, 0.25) is 0 Å². The normalized spacial score (nSPS) is 22.6. The molecule has 2 fully saturated rings. The predicted octanol–water partition coefficient (Wildman–Crippen LogP) is 2.38. The van der Waals surface area contributed by atoms with Crippen molar-refractivity contribution in [1.29, 1.82) is 0 Å². The molecule has 166 valence electrons. The van der Waals surface area contributed by atoms with Gasteiger partial charge in [0.1, 0.15) is 10.8 Å². The van der Waals surface area contributed by atoms with Crippen LogP contribution in [0.5, 0.6) is 0 Å². The minimum Gasteiger partial charge on any atom is -0.464 e. The average molecular weight is 465 g/mol. The Morgan fingerprint density at radius 1 is 1.39 bits per heavy atom. The SMILES string of the molecule is COC(=O)c1nc(Sc2ccnc(N)c2Cl)cnc1N1CCC2(CC1)CO[C@@H](C)[C@H]2N. The third-order valence-corrected chi connectivity index (χ3v) is 7.59. The Bertz CT molecular complexity index is 985. The van der Waals surface area contributed by atoms with Gasteiger partial charge in [-0.3, -0.25) is 0 Å². The van der Waals surface area contributed by atoms with E-state index in [-0.39, 0.29) is 29.1 Å². The lowest BCUT2D eigenvalue weighted by molar-refractivity contribution is 0.0593. The molecule has 0 bridgehead atoms. The molecule has 0 radical (unpaired) electrons. The summed E-state index contributed by atoms with van der Waals surface area (Å²) in [5, 5.41) is 0.842. The van der Waals surface area contributed by atoms with Crippen LogP contribution in [0.3, 0.4) is 0 Å². The number of hydrogen-bond acceptors (Lipinski definition) is 10. The third-order valence-electron chi connectivity index (χ3n) is 6.11. The van der Waals surface area contributed by atoms with Crippen molar-refractivity contribution in [3.05, 3.63) is 29.2 Å². The molecule has 4 heterocycles. The van der Waals surface area contributed by atoms with Gasteiger partial charge in [-0.15, -0.1) is 0 Å². The van der Waals surface area contributed by atoms with Crippen LogP contribution in [0, 0.1) is 5.41 Å². The molecule has 1 spiro atoms. The number of piperidine rings is 1. The van der Waals surface area contributed by atoms with E-state index < -0.39 is 5.97 Å². The maximum absolute atomic E-state index is 12.5. The molecule has 4 rings (SSSR count). The molecule has 0 aliphatic carbocycles. The summed E-state index contributed by atoms with van der Waals surface area (Å²) in [7, 11) is 1.33. The first-order chi connectivity index (χ1) is 14.8. The van der Waals surface area contributed by atoms with E-state index in [4.69, 9.17) is 32.5 Å². The van der Waals surface area contributed by atoms with Crippen LogP contribution >= 0.6 is 23.4 Å². The van der Waals surface area contributed by atoms with E-state index in [0.717, 1.165) is 12.8 Å². The number of ether oxygens (including phenoxy) is 2. The minimum absolute atomic E-state index is 0.0112. The summed E-state index contributed by atoms with van der Waals surface area (Å²) in [6.45, 7) is 4.11. The first-order valence-electron chi connectivity index (χ1n) is 10.00. The highest BCUT2D eigenvalue weighted by atomic mass is 35.5. The summed E-state index contributed by atoms with van der Waals surface area (Å²) >= 11 is 7.49. The van der Waals surface area contributed by atoms with Gasteiger partial charge in [0.25, 0.3) is 0 Å². The van der Waals surface area contributed by atoms with Gasteiger partial charge in [0.15, 0.2) is 11.5 Å². The first kappa shape index (κ1) is 22.1. The van der Waals surface area contributed by atoms with Crippen molar-refractivity contribution < 1.29 is 14.3 Å². The maximum atomic E-state index is 12.5. The molecule has 2 aromatic rings. The number of pyridine rings is 1. The van der Waals surface area contributed by atoms with Crippen molar-refractivity contribution in [2.45, 2.75) is 41.8 Å². The molecule has 2 aliphatic heterocycles. The Morgan fingerprint density at radius 3 is 2.77 bits per heavy atom. The van der Waals surface area contributed by atoms with Crippen LogP contribution in [0.2, 0.25) is 5.02 Å². The number of carbonyl (C=O) groups is 1. The number of aromatic nitrogens is 3. The van der Waals surface area contributed by atoms with Gasteiger partial charge in [-0.25, -0.2) is 19.7 Å². The Hall–Kier alpha value is -2.14. The predicted molar refractivity (Wildman–Crippen MR) is 118 cm³/mol. The van der Waals surface area contributed by atoms with E-state index in [2.05, 4.69) is 19.9 Å². The summed E-state index contributed by atoms with van der Waals surface area (Å²) in [6.07, 6.45) is 4.97. The van der Waals surface area contributed by atoms with Gasteiger partial charge < -0.3 is 25.8 Å². The summed E-state index contributed by atoms with van der Waals surface area (Å²) in [5.74, 6) is 0.196. The molecule has 0 unspecified atom stereocenters. The van der Waals surface area contributed by atoms with E-state index in [0.29, 0.717) is 40.5 Å². The standard InChI is InChI=1S/C20H25ClN6O3S/c1-11-16(22)20(10-30-11)4-7-27(8-5-20)18-15(19(28)29-2)26-13(9-25-18)31-12-3-6-24-17(23)14(12)21/h3,6,9,11,16H,4-5,7-8,10,22H2,1-2H3,(H2,23,24)/t11-,16+/m0/s1. The van der Waals surface area contributed by atoms with Crippen LogP contribution in [0.4, 0.5) is 11.6 Å². The lowest BCUT2D eigenvalue weighted by Crippen LogP contribution is -2.51. The van der Waals surface area contributed by atoms with E-state index in [1.807, 2.05) is 6.92 Å². The van der Waals surface area contributed by atoms with Gasteiger partial charge in [-0.2, -0.15) is 0 Å². The Labute approximate surface area is 189 Å². The maximum Gasteiger partial charge on any atom is 0.360 e. The molecule has 2 aliphatic rings. The zero-order chi connectivity index (χ0) is 22.2. The van der Waals surface area contributed by atoms with Gasteiger partial charge >= 0.3 is 5.97 Å². The molecule has 9 nitrogen and oxygen atoms in total. The molecule has 0 amide bonds. The van der Waals surface area contributed by atoms with Crippen LogP contribution in [0.1, 0.15) is 30.3 Å². The van der Waals surface area contributed by atoms with Gasteiger partial charge in [-0.05, 0) is 25.8 Å². The van der Waals surface area contributed by atoms with E-state index in [1.165, 1.54) is 18.9 Å². The average Bonchev–Trinajstić information content (AvgIpc) is 3.05.